The lowest BCUT2D eigenvalue weighted by atomic mass is 9.94. The maximum Gasteiger partial charge on any atom is 0.179 e. The molecular weight excluding hydrogens is 472 g/mol. The first-order chi connectivity index (χ1) is 17.2. The Morgan fingerprint density at radius 2 is 1.92 bits per heavy atom. The molecule has 36 heavy (non-hydrogen) atoms. The second kappa shape index (κ2) is 11.1. The summed E-state index contributed by atoms with van der Waals surface area (Å²) in [5, 5.41) is 15.2. The molecule has 0 N–H and O–H groups in total. The van der Waals surface area contributed by atoms with Crippen molar-refractivity contribution in [2.45, 2.75) is 70.6 Å². The Labute approximate surface area is 214 Å². The highest BCUT2D eigenvalue weighted by molar-refractivity contribution is 6.76. The summed E-state index contributed by atoms with van der Waals surface area (Å²) in [6.45, 7) is 9.58. The first-order valence-electron chi connectivity index (χ1n) is 12.7. The van der Waals surface area contributed by atoms with Crippen LogP contribution in [0.25, 0.3) is 22.3 Å². The summed E-state index contributed by atoms with van der Waals surface area (Å²) in [7, 11) is 2.17. The molecule has 0 aliphatic heterocycles. The lowest BCUT2D eigenvalue weighted by Crippen LogP contribution is -2.25. The Balaban J connectivity index is 1.58. The average Bonchev–Trinajstić information content (AvgIpc) is 3.58. The normalized spacial score (nSPS) is 19.2. The fourth-order valence-electron chi connectivity index (χ4n) is 5.22. The second-order valence-electron chi connectivity index (χ2n) is 11.0. The summed E-state index contributed by atoms with van der Waals surface area (Å²) in [6, 6.07) is 5.44. The smallest absolute Gasteiger partial charge is 0.179 e. The molecule has 3 unspecified atom stereocenters. The van der Waals surface area contributed by atoms with Crippen LogP contribution in [0.3, 0.4) is 0 Å². The Kier molecular flexibility index (Phi) is 8.12. The quantitative estimate of drug-likeness (QED) is 0.268. The SMILES string of the molecule is COC(OC)C1CCC(C(CC#N)n2cc(-c3nc(C)nc4c3ccn4OCC[Si](C)(C)C)cn2)C1. The molecule has 0 spiro atoms. The predicted octanol–water partition coefficient (Wildman–Crippen LogP) is 4.86. The van der Waals surface area contributed by atoms with Crippen molar-refractivity contribution in [3.63, 3.8) is 0 Å². The molecule has 1 saturated carbocycles. The molecule has 3 heterocycles. The van der Waals surface area contributed by atoms with E-state index >= 15 is 0 Å². The highest BCUT2D eigenvalue weighted by Crippen LogP contribution is 2.42. The largest absolute Gasteiger partial charge is 0.413 e. The lowest BCUT2D eigenvalue weighted by molar-refractivity contribution is -0.136. The fraction of sp³-hybridized carbons (Fsp3) is 0.615. The van der Waals surface area contributed by atoms with E-state index in [1.54, 1.807) is 19.0 Å². The van der Waals surface area contributed by atoms with Crippen LogP contribution in [0.5, 0.6) is 0 Å². The Bertz CT molecular complexity index is 1210. The number of rotatable bonds is 11. The van der Waals surface area contributed by atoms with Gasteiger partial charge in [0.2, 0.25) is 0 Å². The Morgan fingerprint density at radius 1 is 1.17 bits per heavy atom. The minimum atomic E-state index is -1.19. The molecule has 1 aliphatic carbocycles. The van der Waals surface area contributed by atoms with Crippen molar-refractivity contribution in [2.24, 2.45) is 11.8 Å². The molecule has 3 aromatic heterocycles. The van der Waals surface area contributed by atoms with Crippen LogP contribution in [0, 0.1) is 30.1 Å². The summed E-state index contributed by atoms with van der Waals surface area (Å²) in [5.74, 6) is 1.34. The summed E-state index contributed by atoms with van der Waals surface area (Å²) >= 11 is 0. The van der Waals surface area contributed by atoms with Crippen molar-refractivity contribution >= 4 is 19.1 Å². The van der Waals surface area contributed by atoms with Crippen LogP contribution in [-0.4, -0.2) is 59.7 Å². The minimum absolute atomic E-state index is 0.00367. The minimum Gasteiger partial charge on any atom is -0.413 e. The van der Waals surface area contributed by atoms with E-state index < -0.39 is 8.07 Å². The zero-order valence-corrected chi connectivity index (χ0v) is 23.3. The van der Waals surface area contributed by atoms with Gasteiger partial charge in [-0.25, -0.2) is 9.97 Å². The van der Waals surface area contributed by atoms with E-state index in [1.165, 1.54) is 0 Å². The van der Waals surface area contributed by atoms with Crippen LogP contribution in [-0.2, 0) is 9.47 Å². The second-order valence-corrected chi connectivity index (χ2v) is 16.6. The molecule has 3 aromatic rings. The first kappa shape index (κ1) is 26.3. The fourth-order valence-corrected chi connectivity index (χ4v) is 5.92. The van der Waals surface area contributed by atoms with Crippen LogP contribution in [0.4, 0.5) is 0 Å². The van der Waals surface area contributed by atoms with Gasteiger partial charge in [-0.15, -0.1) is 0 Å². The van der Waals surface area contributed by atoms with Gasteiger partial charge in [0, 0.05) is 51.6 Å². The highest BCUT2D eigenvalue weighted by atomic mass is 28.3. The molecule has 1 aliphatic rings. The summed E-state index contributed by atoms with van der Waals surface area (Å²) in [4.78, 5) is 15.5. The summed E-state index contributed by atoms with van der Waals surface area (Å²) < 4.78 is 14.7. The van der Waals surface area contributed by atoms with Gasteiger partial charge in [0.1, 0.15) is 12.4 Å². The number of ether oxygens (including phenoxy) is 2. The lowest BCUT2D eigenvalue weighted by Gasteiger charge is -2.24. The standard InChI is InChI=1S/C26H38N6O3Si/c1-18-29-24(22-10-12-32(25(22)30-18)35-13-14-36(4,5)6)21-16-28-31(17-21)23(9-11-27)19-7-8-20(15-19)26(33-2)34-3/h10,12,16-17,19-20,23,26H,7-9,13-15H2,1-6H3. The molecule has 0 aromatic carbocycles. The molecule has 194 valence electrons. The zero-order chi connectivity index (χ0) is 25.9. The zero-order valence-electron chi connectivity index (χ0n) is 22.3. The van der Waals surface area contributed by atoms with Crippen molar-refractivity contribution in [1.82, 2.24) is 24.5 Å². The van der Waals surface area contributed by atoms with E-state index in [4.69, 9.17) is 24.4 Å². The molecule has 4 rings (SSSR count). The maximum absolute atomic E-state index is 9.58. The number of aryl methyl sites for hydroxylation is 1. The van der Waals surface area contributed by atoms with E-state index in [0.717, 1.165) is 47.6 Å². The van der Waals surface area contributed by atoms with Gasteiger partial charge in [-0.05, 0) is 44.2 Å². The number of hydrogen-bond donors (Lipinski definition) is 0. The number of fused-ring (bicyclic) bond motifs is 1. The van der Waals surface area contributed by atoms with Crippen LogP contribution in [0.15, 0.2) is 24.7 Å². The number of aromatic nitrogens is 5. The van der Waals surface area contributed by atoms with Crippen molar-refractivity contribution in [2.75, 3.05) is 20.8 Å². The third kappa shape index (κ3) is 5.80. The third-order valence-corrected chi connectivity index (χ3v) is 8.83. The molecule has 0 bridgehead atoms. The van der Waals surface area contributed by atoms with E-state index in [1.807, 2.05) is 36.3 Å². The van der Waals surface area contributed by atoms with Gasteiger partial charge in [0.05, 0.1) is 30.4 Å². The third-order valence-electron chi connectivity index (χ3n) is 7.13. The molecular formula is C26H38N6O3Si. The number of nitrogens with zero attached hydrogens (tertiary/aromatic N) is 6. The Morgan fingerprint density at radius 3 is 2.61 bits per heavy atom. The van der Waals surface area contributed by atoms with E-state index in [9.17, 15) is 5.26 Å². The van der Waals surface area contributed by atoms with Crippen LogP contribution in [0.1, 0.15) is 37.5 Å². The van der Waals surface area contributed by atoms with Crippen molar-refractivity contribution in [3.05, 3.63) is 30.5 Å². The first-order valence-corrected chi connectivity index (χ1v) is 16.4. The highest BCUT2D eigenvalue weighted by Gasteiger charge is 2.36. The molecule has 10 heteroatoms. The van der Waals surface area contributed by atoms with Gasteiger partial charge in [-0.3, -0.25) is 4.68 Å². The van der Waals surface area contributed by atoms with Gasteiger partial charge >= 0.3 is 0 Å². The van der Waals surface area contributed by atoms with E-state index in [0.29, 0.717) is 30.7 Å². The number of nitriles is 1. The van der Waals surface area contributed by atoms with Crippen molar-refractivity contribution in [1.29, 1.82) is 5.26 Å². The monoisotopic (exact) mass is 510 g/mol. The van der Waals surface area contributed by atoms with Gasteiger partial charge in [0.15, 0.2) is 11.9 Å². The van der Waals surface area contributed by atoms with E-state index in [-0.39, 0.29) is 12.3 Å². The summed E-state index contributed by atoms with van der Waals surface area (Å²) in [6.07, 6.45) is 8.95. The molecule has 0 amide bonds. The molecule has 1 fully saturated rings. The molecule has 9 nitrogen and oxygen atoms in total. The number of methoxy groups -OCH3 is 2. The Hall–Kier alpha value is -2.74. The van der Waals surface area contributed by atoms with Gasteiger partial charge in [0.25, 0.3) is 0 Å². The predicted molar refractivity (Wildman–Crippen MR) is 141 cm³/mol. The van der Waals surface area contributed by atoms with E-state index in [2.05, 4.69) is 30.7 Å². The summed E-state index contributed by atoms with van der Waals surface area (Å²) in [5.41, 5.74) is 2.50. The van der Waals surface area contributed by atoms with Gasteiger partial charge in [-0.2, -0.15) is 15.1 Å². The van der Waals surface area contributed by atoms with Gasteiger partial charge < -0.3 is 14.3 Å². The average molecular weight is 511 g/mol. The van der Waals surface area contributed by atoms with Crippen LogP contribution >= 0.6 is 0 Å². The van der Waals surface area contributed by atoms with Gasteiger partial charge in [-0.1, -0.05) is 19.6 Å². The topological polar surface area (TPSA) is 100 Å². The molecule has 0 saturated heterocycles. The number of hydrogen-bond acceptors (Lipinski definition) is 7. The molecule has 3 atom stereocenters. The van der Waals surface area contributed by atoms with Crippen LogP contribution < -0.4 is 4.84 Å². The maximum atomic E-state index is 9.58. The van der Waals surface area contributed by atoms with Crippen LogP contribution in [0.2, 0.25) is 25.7 Å². The van der Waals surface area contributed by atoms with Crippen molar-refractivity contribution in [3.8, 4) is 17.3 Å². The van der Waals surface area contributed by atoms with Crippen molar-refractivity contribution < 1.29 is 14.3 Å². The molecule has 0 radical (unpaired) electrons.